The number of alkyl halides is 3. The Kier molecular flexibility index (Phi) is 3.15. The molecule has 2 unspecified atom stereocenters. The zero-order valence-corrected chi connectivity index (χ0v) is 12.8. The van der Waals surface area contributed by atoms with E-state index in [4.69, 9.17) is 0 Å². The highest BCUT2D eigenvalue weighted by Gasteiger charge is 2.70. The molecule has 2 heterocycles. The summed E-state index contributed by atoms with van der Waals surface area (Å²) in [6.07, 6.45) is -2.80. The third kappa shape index (κ3) is 2.26. The quantitative estimate of drug-likeness (QED) is 0.744. The van der Waals surface area contributed by atoms with E-state index in [0.29, 0.717) is 13.1 Å². The number of hydrogen-bond donors (Lipinski definition) is 0. The summed E-state index contributed by atoms with van der Waals surface area (Å²) >= 11 is 0. The average molecular weight is 304 g/mol. The molecule has 2 aliphatic heterocycles. The summed E-state index contributed by atoms with van der Waals surface area (Å²) in [5, 5.41) is 0. The van der Waals surface area contributed by atoms with E-state index < -0.39 is 17.5 Å². The van der Waals surface area contributed by atoms with E-state index in [2.05, 4.69) is 25.7 Å². The second-order valence-electron chi connectivity index (χ2n) is 7.75. The summed E-state index contributed by atoms with van der Waals surface area (Å²) in [6, 6.07) is -0.0920. The van der Waals surface area contributed by atoms with Gasteiger partial charge in [-0.15, -0.1) is 0 Å². The van der Waals surface area contributed by atoms with E-state index in [1.807, 2.05) is 0 Å². The fourth-order valence-corrected chi connectivity index (χ4v) is 3.77. The summed E-state index contributed by atoms with van der Waals surface area (Å²) in [5.41, 5.74) is -2.06. The molecule has 0 spiro atoms. The largest absolute Gasteiger partial charge is 0.403 e. The number of carbonyl (C=O) groups is 1. The van der Waals surface area contributed by atoms with Crippen molar-refractivity contribution in [2.45, 2.75) is 70.3 Å². The van der Waals surface area contributed by atoms with Crippen molar-refractivity contribution in [3.8, 4) is 0 Å². The van der Waals surface area contributed by atoms with Gasteiger partial charge >= 0.3 is 6.18 Å². The van der Waals surface area contributed by atoms with Gasteiger partial charge in [-0.3, -0.25) is 9.69 Å². The van der Waals surface area contributed by atoms with Gasteiger partial charge in [0.2, 0.25) is 5.91 Å². The van der Waals surface area contributed by atoms with E-state index in [0.717, 1.165) is 12.8 Å². The molecule has 0 N–H and O–H groups in total. The summed E-state index contributed by atoms with van der Waals surface area (Å²) in [7, 11) is 0. The van der Waals surface area contributed by atoms with Gasteiger partial charge < -0.3 is 4.90 Å². The van der Waals surface area contributed by atoms with Crippen molar-refractivity contribution in [2.24, 2.45) is 5.41 Å². The summed E-state index contributed by atoms with van der Waals surface area (Å²) in [4.78, 5) is 16.4. The normalized spacial score (nSPS) is 32.4. The lowest BCUT2D eigenvalue weighted by Gasteiger charge is -2.47. The molecule has 2 saturated heterocycles. The van der Waals surface area contributed by atoms with E-state index in [9.17, 15) is 18.0 Å². The van der Waals surface area contributed by atoms with Gasteiger partial charge in [0.05, 0.1) is 0 Å². The minimum atomic E-state index is -4.40. The third-order valence-electron chi connectivity index (χ3n) is 5.37. The van der Waals surface area contributed by atoms with Crippen LogP contribution in [0.1, 0.15) is 46.5 Å². The maximum Gasteiger partial charge on any atom is 0.403 e. The maximum atomic E-state index is 13.2. The van der Waals surface area contributed by atoms with Crippen LogP contribution >= 0.6 is 0 Å². The number of likely N-dealkylation sites (tertiary alicyclic amines) is 1. The lowest BCUT2D eigenvalue weighted by atomic mass is 9.99. The highest BCUT2D eigenvalue weighted by atomic mass is 19.4. The first-order valence-corrected chi connectivity index (χ1v) is 7.71. The molecule has 1 amide bonds. The zero-order chi connectivity index (χ0) is 15.6. The predicted molar refractivity (Wildman–Crippen MR) is 72.7 cm³/mol. The molecular formula is C15H23F3N2O. The number of halogens is 3. The first-order valence-electron chi connectivity index (χ1n) is 7.71. The zero-order valence-electron chi connectivity index (χ0n) is 12.8. The third-order valence-corrected chi connectivity index (χ3v) is 5.37. The molecule has 0 aromatic carbocycles. The number of fused-ring (bicyclic) bond motifs is 2. The van der Waals surface area contributed by atoms with Gasteiger partial charge in [-0.1, -0.05) is 0 Å². The monoisotopic (exact) mass is 304 g/mol. The van der Waals surface area contributed by atoms with Crippen LogP contribution in [0.15, 0.2) is 0 Å². The van der Waals surface area contributed by atoms with Crippen LogP contribution in [-0.4, -0.2) is 52.6 Å². The van der Waals surface area contributed by atoms with E-state index in [-0.39, 0.29) is 30.5 Å². The molecule has 0 aromatic rings. The molecule has 120 valence electrons. The molecule has 3 nitrogen and oxygen atoms in total. The van der Waals surface area contributed by atoms with Gasteiger partial charge in [-0.05, 0) is 46.5 Å². The molecule has 3 aliphatic rings. The number of nitrogens with zero attached hydrogens (tertiary/aromatic N) is 2. The van der Waals surface area contributed by atoms with Crippen LogP contribution in [0.5, 0.6) is 0 Å². The van der Waals surface area contributed by atoms with Crippen molar-refractivity contribution >= 4 is 5.91 Å². The second kappa shape index (κ2) is 4.37. The van der Waals surface area contributed by atoms with Gasteiger partial charge in [0, 0.05) is 30.7 Å². The van der Waals surface area contributed by atoms with Crippen molar-refractivity contribution < 1.29 is 18.0 Å². The molecule has 1 aliphatic carbocycles. The number of hydrogen-bond acceptors (Lipinski definition) is 2. The first kappa shape index (κ1) is 15.1. The average Bonchev–Trinajstić information content (AvgIpc) is 3.09. The fourth-order valence-electron chi connectivity index (χ4n) is 3.77. The highest BCUT2D eigenvalue weighted by Crippen LogP contribution is 2.59. The Hall–Kier alpha value is -0.780. The minimum absolute atomic E-state index is 0.00271. The Bertz CT molecular complexity index is 437. The van der Waals surface area contributed by atoms with Crippen LogP contribution in [-0.2, 0) is 4.79 Å². The van der Waals surface area contributed by atoms with Gasteiger partial charge in [0.1, 0.15) is 5.41 Å². The van der Waals surface area contributed by atoms with Crippen LogP contribution in [0, 0.1) is 5.41 Å². The number of amides is 1. The molecule has 2 bridgehead atoms. The van der Waals surface area contributed by atoms with Gasteiger partial charge in [-0.25, -0.2) is 0 Å². The first-order chi connectivity index (χ1) is 9.56. The lowest BCUT2D eigenvalue weighted by molar-refractivity contribution is -0.202. The van der Waals surface area contributed by atoms with E-state index >= 15 is 0 Å². The minimum Gasteiger partial charge on any atom is -0.333 e. The van der Waals surface area contributed by atoms with Crippen molar-refractivity contribution in [3.63, 3.8) is 0 Å². The Morgan fingerprint density at radius 3 is 1.86 bits per heavy atom. The molecular weight excluding hydrogens is 281 g/mol. The molecule has 2 atom stereocenters. The lowest BCUT2D eigenvalue weighted by Crippen LogP contribution is -2.62. The molecule has 6 heteroatoms. The molecule has 3 rings (SSSR count). The van der Waals surface area contributed by atoms with Crippen molar-refractivity contribution in [2.75, 3.05) is 13.1 Å². The molecule has 0 aromatic heterocycles. The molecule has 21 heavy (non-hydrogen) atoms. The standard InChI is InChI=1S/C15H23F3N2O/c1-13(2,3)19-8-10-4-5-11(9-19)20(10)12(21)14(6-7-14)15(16,17)18/h10-11H,4-9H2,1-3H3. The van der Waals surface area contributed by atoms with Crippen molar-refractivity contribution in [3.05, 3.63) is 0 Å². The number of piperazine rings is 1. The van der Waals surface area contributed by atoms with E-state index in [1.165, 1.54) is 0 Å². The highest BCUT2D eigenvalue weighted by molar-refractivity contribution is 5.87. The van der Waals surface area contributed by atoms with Crippen LogP contribution in [0.4, 0.5) is 13.2 Å². The van der Waals surface area contributed by atoms with Crippen LogP contribution in [0.2, 0.25) is 0 Å². The Balaban J connectivity index is 1.79. The van der Waals surface area contributed by atoms with Crippen LogP contribution in [0.3, 0.4) is 0 Å². The topological polar surface area (TPSA) is 23.6 Å². The van der Waals surface area contributed by atoms with Gasteiger partial charge in [0.15, 0.2) is 0 Å². The molecule has 0 radical (unpaired) electrons. The van der Waals surface area contributed by atoms with Gasteiger partial charge in [0.25, 0.3) is 0 Å². The molecule has 1 saturated carbocycles. The van der Waals surface area contributed by atoms with Crippen LogP contribution in [0.25, 0.3) is 0 Å². The van der Waals surface area contributed by atoms with E-state index in [1.54, 1.807) is 4.90 Å². The maximum absolute atomic E-state index is 13.2. The summed E-state index contributed by atoms with van der Waals surface area (Å²) in [6.45, 7) is 7.73. The smallest absolute Gasteiger partial charge is 0.333 e. The van der Waals surface area contributed by atoms with Crippen molar-refractivity contribution in [1.82, 2.24) is 9.80 Å². The predicted octanol–water partition coefficient (Wildman–Crippen LogP) is 2.80. The van der Waals surface area contributed by atoms with Gasteiger partial charge in [-0.2, -0.15) is 13.2 Å². The van der Waals surface area contributed by atoms with Crippen LogP contribution < -0.4 is 0 Å². The SMILES string of the molecule is CC(C)(C)N1CC2CCC(C1)N2C(=O)C1(C(F)(F)F)CC1. The number of rotatable bonds is 1. The number of carbonyl (C=O) groups excluding carboxylic acids is 1. The Morgan fingerprint density at radius 1 is 1.05 bits per heavy atom. The summed E-state index contributed by atoms with van der Waals surface area (Å²) < 4.78 is 39.6. The second-order valence-corrected chi connectivity index (χ2v) is 7.75. The van der Waals surface area contributed by atoms with Crippen molar-refractivity contribution in [1.29, 1.82) is 0 Å². The fraction of sp³-hybridized carbons (Fsp3) is 0.933. The Morgan fingerprint density at radius 2 is 1.52 bits per heavy atom. The molecule has 3 fully saturated rings. The summed E-state index contributed by atoms with van der Waals surface area (Å²) in [5.74, 6) is -0.656. The Labute approximate surface area is 123 Å².